The number of benzene rings is 3. The van der Waals surface area contributed by atoms with Gasteiger partial charge in [0.2, 0.25) is 0 Å². The lowest BCUT2D eigenvalue weighted by molar-refractivity contribution is -0.384. The molecule has 1 fully saturated rings. The summed E-state index contributed by atoms with van der Waals surface area (Å²) in [7, 11) is 1.23. The van der Waals surface area contributed by atoms with Crippen LogP contribution in [0.1, 0.15) is 21.5 Å². The van der Waals surface area contributed by atoms with E-state index in [2.05, 4.69) is 10.1 Å². The van der Waals surface area contributed by atoms with Crippen molar-refractivity contribution in [2.45, 2.75) is 6.61 Å². The van der Waals surface area contributed by atoms with Gasteiger partial charge in [-0.2, -0.15) is 0 Å². The van der Waals surface area contributed by atoms with Crippen LogP contribution in [0.15, 0.2) is 78.4 Å². The first-order valence-electron chi connectivity index (χ1n) is 10.8. The fraction of sp³-hybridized carbons (Fsp3) is 0.0769. The number of barbiturate groups is 1. The number of anilines is 1. The first kappa shape index (κ1) is 24.8. The highest BCUT2D eigenvalue weighted by Crippen LogP contribution is 2.24. The van der Waals surface area contributed by atoms with Gasteiger partial charge in [0.25, 0.3) is 17.5 Å². The molecule has 11 heteroatoms. The van der Waals surface area contributed by atoms with E-state index in [4.69, 9.17) is 4.74 Å². The average Bonchev–Trinajstić information content (AvgIpc) is 2.90. The monoisotopic (exact) mass is 501 g/mol. The Labute approximate surface area is 210 Å². The van der Waals surface area contributed by atoms with Crippen LogP contribution in [-0.2, 0) is 20.9 Å². The smallest absolute Gasteiger partial charge is 0.337 e. The minimum atomic E-state index is -0.914. The van der Waals surface area contributed by atoms with Gasteiger partial charge < -0.3 is 9.47 Å². The number of hydrogen-bond donors (Lipinski definition) is 1. The Hall–Kier alpha value is -5.32. The first-order chi connectivity index (χ1) is 17.8. The van der Waals surface area contributed by atoms with Gasteiger partial charge in [-0.15, -0.1) is 0 Å². The second kappa shape index (κ2) is 10.5. The minimum Gasteiger partial charge on any atom is -0.489 e. The zero-order valence-corrected chi connectivity index (χ0v) is 19.4. The molecule has 4 amide bonds. The number of nitro groups is 1. The molecule has 0 aliphatic carbocycles. The summed E-state index contributed by atoms with van der Waals surface area (Å²) in [5.41, 5.74) is 1.22. The molecule has 1 aliphatic rings. The van der Waals surface area contributed by atoms with E-state index < -0.39 is 28.7 Å². The number of urea groups is 1. The number of hydrogen-bond acceptors (Lipinski definition) is 8. The SMILES string of the molecule is COC(=O)c1ccc(N2C(=O)NC(=O)/C(=C\c3ccc(OCc4cccc([N+](=O)[O-])c4)cc3)C2=O)cc1. The van der Waals surface area contributed by atoms with Crippen LogP contribution in [0, 0.1) is 10.1 Å². The molecule has 0 radical (unpaired) electrons. The number of non-ortho nitro benzene ring substituents is 1. The Balaban J connectivity index is 1.49. The topological polar surface area (TPSA) is 145 Å². The molecule has 0 saturated carbocycles. The highest BCUT2D eigenvalue weighted by molar-refractivity contribution is 6.39. The number of nitro benzene ring substituents is 1. The van der Waals surface area contributed by atoms with Gasteiger partial charge in [0.1, 0.15) is 17.9 Å². The standard InChI is InChI=1S/C26H19N3O8/c1-36-25(32)18-7-9-19(10-8-18)28-24(31)22(23(30)27-26(28)33)14-16-5-11-21(12-6-16)37-15-17-3-2-4-20(13-17)29(34)35/h2-14H,15H2,1H3,(H,27,30,33)/b22-14+. The van der Waals surface area contributed by atoms with Gasteiger partial charge in [-0.1, -0.05) is 24.3 Å². The number of rotatable bonds is 7. The first-order valence-corrected chi connectivity index (χ1v) is 10.8. The molecule has 1 saturated heterocycles. The third-order valence-electron chi connectivity index (χ3n) is 5.37. The van der Waals surface area contributed by atoms with Crippen molar-refractivity contribution < 1.29 is 33.6 Å². The van der Waals surface area contributed by atoms with Crippen molar-refractivity contribution in [2.75, 3.05) is 12.0 Å². The van der Waals surface area contributed by atoms with Crippen LogP contribution in [0.3, 0.4) is 0 Å². The average molecular weight is 501 g/mol. The number of imide groups is 2. The summed E-state index contributed by atoms with van der Waals surface area (Å²) < 4.78 is 10.3. The van der Waals surface area contributed by atoms with E-state index in [0.717, 1.165) is 4.90 Å². The molecule has 0 bridgehead atoms. The Morgan fingerprint density at radius 3 is 2.38 bits per heavy atom. The lowest BCUT2D eigenvalue weighted by Crippen LogP contribution is -2.54. The minimum absolute atomic E-state index is 0.0366. The summed E-state index contributed by atoms with van der Waals surface area (Å²) in [4.78, 5) is 60.7. The van der Waals surface area contributed by atoms with Crippen molar-refractivity contribution >= 4 is 41.3 Å². The molecule has 0 atom stereocenters. The second-order valence-electron chi connectivity index (χ2n) is 7.78. The highest BCUT2D eigenvalue weighted by atomic mass is 16.6. The normalized spacial score (nSPS) is 14.4. The molecular weight excluding hydrogens is 482 g/mol. The zero-order valence-electron chi connectivity index (χ0n) is 19.4. The van der Waals surface area contributed by atoms with Crippen LogP contribution in [0.25, 0.3) is 6.08 Å². The molecule has 37 heavy (non-hydrogen) atoms. The molecule has 186 valence electrons. The summed E-state index contributed by atoms with van der Waals surface area (Å²) in [5, 5.41) is 13.0. The fourth-order valence-electron chi connectivity index (χ4n) is 3.51. The Bertz CT molecular complexity index is 1430. The van der Waals surface area contributed by atoms with Crippen LogP contribution in [-0.4, -0.2) is 35.8 Å². The van der Waals surface area contributed by atoms with E-state index in [1.807, 2.05) is 0 Å². The van der Waals surface area contributed by atoms with Gasteiger partial charge in [-0.3, -0.25) is 25.0 Å². The van der Waals surface area contributed by atoms with E-state index in [1.54, 1.807) is 36.4 Å². The number of methoxy groups -OCH3 is 1. The number of nitrogens with one attached hydrogen (secondary N) is 1. The highest BCUT2D eigenvalue weighted by Gasteiger charge is 2.36. The molecule has 1 N–H and O–H groups in total. The van der Waals surface area contributed by atoms with Gasteiger partial charge in [-0.25, -0.2) is 14.5 Å². The molecule has 1 heterocycles. The Morgan fingerprint density at radius 2 is 1.73 bits per heavy atom. The molecule has 3 aromatic carbocycles. The summed E-state index contributed by atoms with van der Waals surface area (Å²) >= 11 is 0. The van der Waals surface area contributed by atoms with Gasteiger partial charge >= 0.3 is 12.0 Å². The van der Waals surface area contributed by atoms with Crippen molar-refractivity contribution in [3.8, 4) is 5.75 Å². The molecule has 1 aliphatic heterocycles. The van der Waals surface area contributed by atoms with E-state index >= 15 is 0 Å². The Kier molecular flexibility index (Phi) is 7.05. The number of carbonyl (C=O) groups excluding carboxylic acids is 4. The molecule has 0 unspecified atom stereocenters. The van der Waals surface area contributed by atoms with E-state index in [-0.39, 0.29) is 29.1 Å². The maximum atomic E-state index is 13.0. The van der Waals surface area contributed by atoms with Crippen molar-refractivity contribution in [2.24, 2.45) is 0 Å². The van der Waals surface area contributed by atoms with Crippen LogP contribution in [0.5, 0.6) is 5.75 Å². The van der Waals surface area contributed by atoms with Gasteiger partial charge in [-0.05, 0) is 53.6 Å². The van der Waals surface area contributed by atoms with Crippen LogP contribution in [0.2, 0.25) is 0 Å². The summed E-state index contributed by atoms with van der Waals surface area (Å²) in [6.07, 6.45) is 1.34. The maximum absolute atomic E-state index is 13.0. The maximum Gasteiger partial charge on any atom is 0.337 e. The predicted octanol–water partition coefficient (Wildman–Crippen LogP) is 3.63. The molecule has 11 nitrogen and oxygen atoms in total. The van der Waals surface area contributed by atoms with Crippen molar-refractivity contribution in [1.82, 2.24) is 5.32 Å². The predicted molar refractivity (Wildman–Crippen MR) is 131 cm³/mol. The fourth-order valence-corrected chi connectivity index (χ4v) is 3.51. The molecule has 4 rings (SSSR count). The lowest BCUT2D eigenvalue weighted by Gasteiger charge is -2.26. The zero-order chi connectivity index (χ0) is 26.5. The summed E-state index contributed by atoms with van der Waals surface area (Å²) in [6.45, 7) is 0.106. The van der Waals surface area contributed by atoms with E-state index in [9.17, 15) is 29.3 Å². The molecule has 0 spiro atoms. The second-order valence-corrected chi connectivity index (χ2v) is 7.78. The third-order valence-corrected chi connectivity index (χ3v) is 5.37. The molecular formula is C26H19N3O8. The van der Waals surface area contributed by atoms with Gasteiger partial charge in [0.05, 0.1) is 23.3 Å². The number of amides is 4. The number of esters is 1. The van der Waals surface area contributed by atoms with Crippen molar-refractivity contribution in [3.05, 3.63) is 105 Å². The largest absolute Gasteiger partial charge is 0.489 e. The van der Waals surface area contributed by atoms with Crippen LogP contribution < -0.4 is 15.0 Å². The molecule has 3 aromatic rings. The van der Waals surface area contributed by atoms with E-state index in [1.165, 1.54) is 49.6 Å². The van der Waals surface area contributed by atoms with Crippen LogP contribution in [0.4, 0.5) is 16.2 Å². The van der Waals surface area contributed by atoms with Crippen LogP contribution >= 0.6 is 0 Å². The van der Waals surface area contributed by atoms with Gasteiger partial charge in [0, 0.05) is 12.1 Å². The number of carbonyl (C=O) groups is 4. The Morgan fingerprint density at radius 1 is 1.03 bits per heavy atom. The summed E-state index contributed by atoms with van der Waals surface area (Å²) in [6, 6.07) is 17.2. The number of ether oxygens (including phenoxy) is 2. The van der Waals surface area contributed by atoms with Crippen molar-refractivity contribution in [1.29, 1.82) is 0 Å². The molecule has 0 aromatic heterocycles. The summed E-state index contributed by atoms with van der Waals surface area (Å²) in [5.74, 6) is -1.78. The number of nitrogens with zero attached hydrogens (tertiary/aromatic N) is 2. The van der Waals surface area contributed by atoms with Crippen molar-refractivity contribution in [3.63, 3.8) is 0 Å². The van der Waals surface area contributed by atoms with Gasteiger partial charge in [0.15, 0.2) is 0 Å². The lowest BCUT2D eigenvalue weighted by atomic mass is 10.1. The van der Waals surface area contributed by atoms with E-state index in [0.29, 0.717) is 16.9 Å². The third kappa shape index (κ3) is 5.51. The quantitative estimate of drug-likeness (QED) is 0.170.